The Labute approximate surface area is 126 Å². The molecule has 0 radical (unpaired) electrons. The molecule has 2 rings (SSSR count). The fourth-order valence-corrected chi connectivity index (χ4v) is 2.37. The van der Waals surface area contributed by atoms with Gasteiger partial charge in [-0.1, -0.05) is 28.1 Å². The number of carbonyl (C=O) groups is 1. The lowest BCUT2D eigenvalue weighted by atomic mass is 10.2. The highest BCUT2D eigenvalue weighted by Gasteiger charge is 2.14. The Morgan fingerprint density at radius 1 is 1.35 bits per heavy atom. The molecule has 1 heterocycles. The number of hydrogen-bond donors (Lipinski definition) is 1. The molecule has 1 aromatic heterocycles. The number of furan rings is 1. The molecule has 0 bridgehead atoms. The maximum Gasteiger partial charge on any atom is 0.341 e. The van der Waals surface area contributed by atoms with E-state index in [1.54, 1.807) is 13.0 Å². The maximum absolute atomic E-state index is 11.5. The summed E-state index contributed by atoms with van der Waals surface area (Å²) in [6.45, 7) is 3.04. The molecule has 20 heavy (non-hydrogen) atoms. The molecule has 4 nitrogen and oxygen atoms in total. The number of hydrogen-bond acceptors (Lipinski definition) is 4. The van der Waals surface area contributed by atoms with Crippen LogP contribution in [0.4, 0.5) is 0 Å². The fourth-order valence-electron chi connectivity index (χ4n) is 1.92. The van der Waals surface area contributed by atoms with Gasteiger partial charge in [0.2, 0.25) is 0 Å². The number of aryl methyl sites for hydroxylation is 1. The van der Waals surface area contributed by atoms with Crippen molar-refractivity contribution < 1.29 is 13.9 Å². The summed E-state index contributed by atoms with van der Waals surface area (Å²) >= 11 is 3.44. The van der Waals surface area contributed by atoms with Crippen molar-refractivity contribution in [3.8, 4) is 0 Å². The summed E-state index contributed by atoms with van der Waals surface area (Å²) in [7, 11) is 1.36. The molecule has 0 aliphatic heterocycles. The molecule has 1 aromatic carbocycles. The van der Waals surface area contributed by atoms with Gasteiger partial charge in [0.15, 0.2) is 0 Å². The Hall–Kier alpha value is -1.59. The van der Waals surface area contributed by atoms with Crippen molar-refractivity contribution in [3.05, 3.63) is 57.5 Å². The van der Waals surface area contributed by atoms with E-state index in [1.807, 2.05) is 18.2 Å². The van der Waals surface area contributed by atoms with Crippen molar-refractivity contribution in [1.82, 2.24) is 5.32 Å². The van der Waals surface area contributed by atoms with E-state index in [0.29, 0.717) is 17.9 Å². The van der Waals surface area contributed by atoms with Gasteiger partial charge in [-0.05, 0) is 30.7 Å². The van der Waals surface area contributed by atoms with Gasteiger partial charge in [0, 0.05) is 11.0 Å². The van der Waals surface area contributed by atoms with E-state index in [2.05, 4.69) is 27.3 Å². The average Bonchev–Trinajstić information content (AvgIpc) is 2.79. The van der Waals surface area contributed by atoms with Crippen LogP contribution in [-0.2, 0) is 17.8 Å². The number of ether oxygens (including phenoxy) is 1. The second-order valence-electron chi connectivity index (χ2n) is 4.41. The topological polar surface area (TPSA) is 51.5 Å². The second-order valence-corrected chi connectivity index (χ2v) is 5.32. The summed E-state index contributed by atoms with van der Waals surface area (Å²) in [4.78, 5) is 11.5. The van der Waals surface area contributed by atoms with E-state index >= 15 is 0 Å². The molecule has 106 valence electrons. The highest BCUT2D eigenvalue weighted by molar-refractivity contribution is 9.10. The van der Waals surface area contributed by atoms with Gasteiger partial charge in [-0.15, -0.1) is 0 Å². The van der Waals surface area contributed by atoms with Gasteiger partial charge < -0.3 is 14.5 Å². The standard InChI is InChI=1S/C15H16BrNO3/c1-10-14(15(18)19-2)7-13(20-10)9-17-8-11-4-3-5-12(16)6-11/h3-7,17H,8-9H2,1-2H3. The highest BCUT2D eigenvalue weighted by Crippen LogP contribution is 2.16. The third-order valence-corrected chi connectivity index (χ3v) is 3.38. The minimum absolute atomic E-state index is 0.371. The summed E-state index contributed by atoms with van der Waals surface area (Å²) in [6.07, 6.45) is 0. The zero-order valence-corrected chi connectivity index (χ0v) is 13.0. The lowest BCUT2D eigenvalue weighted by molar-refractivity contribution is 0.0599. The molecule has 0 fully saturated rings. The van der Waals surface area contributed by atoms with Crippen LogP contribution in [0.2, 0.25) is 0 Å². The molecule has 0 atom stereocenters. The van der Waals surface area contributed by atoms with Crippen LogP contribution in [0.15, 0.2) is 39.2 Å². The van der Waals surface area contributed by atoms with Gasteiger partial charge in [-0.25, -0.2) is 4.79 Å². The third kappa shape index (κ3) is 3.71. The monoisotopic (exact) mass is 337 g/mol. The zero-order valence-electron chi connectivity index (χ0n) is 11.4. The van der Waals surface area contributed by atoms with E-state index in [9.17, 15) is 4.79 Å². The summed E-state index contributed by atoms with van der Waals surface area (Å²) in [5.74, 6) is 0.929. The van der Waals surface area contributed by atoms with Crippen molar-refractivity contribution in [3.63, 3.8) is 0 Å². The van der Waals surface area contributed by atoms with Gasteiger partial charge in [0.1, 0.15) is 17.1 Å². The summed E-state index contributed by atoms with van der Waals surface area (Å²) in [5.41, 5.74) is 1.66. The highest BCUT2D eigenvalue weighted by atomic mass is 79.9. The molecule has 0 aliphatic rings. The summed E-state index contributed by atoms with van der Waals surface area (Å²) in [6, 6.07) is 9.80. The maximum atomic E-state index is 11.5. The quantitative estimate of drug-likeness (QED) is 0.849. The zero-order chi connectivity index (χ0) is 14.5. The molecule has 0 saturated heterocycles. The lowest BCUT2D eigenvalue weighted by Gasteiger charge is -2.03. The lowest BCUT2D eigenvalue weighted by Crippen LogP contribution is -2.12. The Kier molecular flexibility index (Phi) is 4.98. The predicted octanol–water partition coefficient (Wildman–Crippen LogP) is 3.43. The van der Waals surface area contributed by atoms with Crippen molar-refractivity contribution in [2.24, 2.45) is 0 Å². The molecular formula is C15H16BrNO3. The number of benzene rings is 1. The predicted molar refractivity (Wildman–Crippen MR) is 79.5 cm³/mol. The molecule has 0 amide bonds. The van der Waals surface area contributed by atoms with Gasteiger partial charge in [0.25, 0.3) is 0 Å². The first-order chi connectivity index (χ1) is 9.60. The largest absolute Gasteiger partial charge is 0.465 e. The summed E-state index contributed by atoms with van der Waals surface area (Å²) < 4.78 is 11.3. The van der Waals surface area contributed by atoms with Gasteiger partial charge in [0.05, 0.1) is 13.7 Å². The number of rotatable bonds is 5. The van der Waals surface area contributed by atoms with Crippen molar-refractivity contribution in [2.45, 2.75) is 20.0 Å². The number of carbonyl (C=O) groups excluding carboxylic acids is 1. The summed E-state index contributed by atoms with van der Waals surface area (Å²) in [5, 5.41) is 3.28. The molecule has 2 aromatic rings. The molecular weight excluding hydrogens is 322 g/mol. The van der Waals surface area contributed by atoms with Gasteiger partial charge >= 0.3 is 5.97 Å². The Bertz CT molecular complexity index is 607. The fraction of sp³-hybridized carbons (Fsp3) is 0.267. The molecule has 0 saturated carbocycles. The number of nitrogens with one attached hydrogen (secondary N) is 1. The van der Waals surface area contributed by atoms with E-state index in [4.69, 9.17) is 9.15 Å². The van der Waals surface area contributed by atoms with Gasteiger partial charge in [-0.3, -0.25) is 0 Å². The first kappa shape index (κ1) is 14.8. The smallest absolute Gasteiger partial charge is 0.341 e. The van der Waals surface area contributed by atoms with Crippen LogP contribution in [0, 0.1) is 6.92 Å². The van der Waals surface area contributed by atoms with E-state index in [0.717, 1.165) is 16.8 Å². The minimum Gasteiger partial charge on any atom is -0.465 e. The Morgan fingerprint density at radius 2 is 2.15 bits per heavy atom. The third-order valence-electron chi connectivity index (χ3n) is 2.89. The molecule has 1 N–H and O–H groups in total. The molecule has 0 spiro atoms. The van der Waals surface area contributed by atoms with E-state index in [-0.39, 0.29) is 5.97 Å². The minimum atomic E-state index is -0.371. The Morgan fingerprint density at radius 3 is 2.85 bits per heavy atom. The van der Waals surface area contributed by atoms with E-state index in [1.165, 1.54) is 12.7 Å². The van der Waals surface area contributed by atoms with Crippen LogP contribution < -0.4 is 5.32 Å². The van der Waals surface area contributed by atoms with Crippen LogP contribution in [0.3, 0.4) is 0 Å². The number of methoxy groups -OCH3 is 1. The molecule has 0 aliphatic carbocycles. The number of esters is 1. The van der Waals surface area contributed by atoms with Crippen LogP contribution in [0.5, 0.6) is 0 Å². The van der Waals surface area contributed by atoms with Crippen molar-refractivity contribution >= 4 is 21.9 Å². The molecule has 5 heteroatoms. The van der Waals surface area contributed by atoms with Gasteiger partial charge in [-0.2, -0.15) is 0 Å². The van der Waals surface area contributed by atoms with Crippen molar-refractivity contribution in [2.75, 3.05) is 7.11 Å². The van der Waals surface area contributed by atoms with Crippen molar-refractivity contribution in [1.29, 1.82) is 0 Å². The second kappa shape index (κ2) is 6.72. The molecule has 0 unspecified atom stereocenters. The average molecular weight is 338 g/mol. The van der Waals surface area contributed by atoms with Crippen LogP contribution in [-0.4, -0.2) is 13.1 Å². The van der Waals surface area contributed by atoms with Crippen LogP contribution in [0.25, 0.3) is 0 Å². The Balaban J connectivity index is 1.93. The first-order valence-corrected chi connectivity index (χ1v) is 7.02. The number of halogens is 1. The van der Waals surface area contributed by atoms with Crippen LogP contribution in [0.1, 0.15) is 27.4 Å². The van der Waals surface area contributed by atoms with E-state index < -0.39 is 0 Å². The first-order valence-electron chi connectivity index (χ1n) is 6.23. The SMILES string of the molecule is COC(=O)c1cc(CNCc2cccc(Br)c2)oc1C. The van der Waals surface area contributed by atoms with Crippen LogP contribution >= 0.6 is 15.9 Å². The normalized spacial score (nSPS) is 10.6.